The van der Waals surface area contributed by atoms with Gasteiger partial charge < -0.3 is 13.3 Å². The molecule has 0 radical (unpaired) electrons. The van der Waals surface area contributed by atoms with E-state index in [2.05, 4.69) is 25.1 Å². The van der Waals surface area contributed by atoms with E-state index in [0.29, 0.717) is 19.8 Å². The molecular weight excluding hydrogens is 232 g/mol. The minimum Gasteiger partial charge on any atom is -0.376 e. The molecule has 0 amide bonds. The van der Waals surface area contributed by atoms with E-state index in [9.17, 15) is 0 Å². The van der Waals surface area contributed by atoms with Crippen LogP contribution in [0.25, 0.3) is 0 Å². The summed E-state index contributed by atoms with van der Waals surface area (Å²) in [6.45, 7) is 7.95. The SMILES string of the molecule is CCO[SiH](OCC)OCc1ccccc1CC. The summed E-state index contributed by atoms with van der Waals surface area (Å²) in [5, 5.41) is 0. The van der Waals surface area contributed by atoms with Gasteiger partial charge in [-0.05, 0) is 31.4 Å². The molecule has 0 aliphatic carbocycles. The van der Waals surface area contributed by atoms with E-state index in [1.165, 1.54) is 11.1 Å². The molecule has 4 heteroatoms. The van der Waals surface area contributed by atoms with Gasteiger partial charge in [0.1, 0.15) is 0 Å². The van der Waals surface area contributed by atoms with Crippen LogP contribution in [0.4, 0.5) is 0 Å². The average molecular weight is 254 g/mol. The zero-order valence-electron chi connectivity index (χ0n) is 10.9. The highest BCUT2D eigenvalue weighted by atomic mass is 28.3. The third-order valence-corrected chi connectivity index (χ3v) is 4.13. The van der Waals surface area contributed by atoms with E-state index in [4.69, 9.17) is 13.3 Å². The molecule has 0 saturated carbocycles. The Morgan fingerprint density at radius 2 is 1.47 bits per heavy atom. The van der Waals surface area contributed by atoms with Crippen LogP contribution in [0.1, 0.15) is 31.9 Å². The summed E-state index contributed by atoms with van der Waals surface area (Å²) < 4.78 is 16.7. The van der Waals surface area contributed by atoms with Crippen molar-refractivity contribution < 1.29 is 13.3 Å². The normalized spacial score (nSPS) is 11.1. The third-order valence-electron chi connectivity index (χ3n) is 2.48. The molecule has 0 bridgehead atoms. The number of rotatable bonds is 8. The van der Waals surface area contributed by atoms with Gasteiger partial charge in [0, 0.05) is 13.2 Å². The fraction of sp³-hybridized carbons (Fsp3) is 0.538. The predicted octanol–water partition coefficient (Wildman–Crippen LogP) is 2.56. The maximum Gasteiger partial charge on any atom is 0.484 e. The fourth-order valence-corrected chi connectivity index (χ4v) is 2.77. The quantitative estimate of drug-likeness (QED) is 0.667. The van der Waals surface area contributed by atoms with Crippen molar-refractivity contribution in [3.05, 3.63) is 35.4 Å². The molecular formula is C13H22O3Si. The first-order valence-corrected chi connectivity index (χ1v) is 7.64. The smallest absolute Gasteiger partial charge is 0.376 e. The molecule has 1 aromatic carbocycles. The number of aryl methyl sites for hydroxylation is 1. The Kier molecular flexibility index (Phi) is 7.12. The van der Waals surface area contributed by atoms with Crippen molar-refractivity contribution in [3.8, 4) is 0 Å². The summed E-state index contributed by atoms with van der Waals surface area (Å²) in [6.07, 6.45) is 1.02. The fourth-order valence-electron chi connectivity index (χ4n) is 1.62. The maximum atomic E-state index is 5.75. The van der Waals surface area contributed by atoms with Crippen molar-refractivity contribution in [2.24, 2.45) is 0 Å². The Bertz CT molecular complexity index is 311. The van der Waals surface area contributed by atoms with E-state index in [-0.39, 0.29) is 0 Å². The first-order valence-electron chi connectivity index (χ1n) is 6.23. The molecule has 1 aromatic rings. The lowest BCUT2D eigenvalue weighted by molar-refractivity contribution is 0.0959. The molecule has 0 fully saturated rings. The summed E-state index contributed by atoms with van der Waals surface area (Å²) in [5.74, 6) is 0. The highest BCUT2D eigenvalue weighted by Gasteiger charge is 2.14. The Balaban J connectivity index is 2.52. The standard InChI is InChI=1S/C13H22O3Si/c1-4-12-9-7-8-10-13(12)11-16-17(14-5-2)15-6-3/h7-10,17H,4-6,11H2,1-3H3. The summed E-state index contributed by atoms with van der Waals surface area (Å²) in [5.41, 5.74) is 2.56. The van der Waals surface area contributed by atoms with Gasteiger partial charge in [0.15, 0.2) is 0 Å². The largest absolute Gasteiger partial charge is 0.484 e. The molecule has 96 valence electrons. The van der Waals surface area contributed by atoms with Crippen molar-refractivity contribution in [2.45, 2.75) is 33.8 Å². The van der Waals surface area contributed by atoms with Crippen molar-refractivity contribution in [1.82, 2.24) is 0 Å². The molecule has 0 aliphatic rings. The van der Waals surface area contributed by atoms with Gasteiger partial charge in [-0.15, -0.1) is 0 Å². The lowest BCUT2D eigenvalue weighted by atomic mass is 10.1. The van der Waals surface area contributed by atoms with Crippen molar-refractivity contribution >= 4 is 9.53 Å². The number of benzene rings is 1. The van der Waals surface area contributed by atoms with Gasteiger partial charge in [-0.25, -0.2) is 0 Å². The maximum absolute atomic E-state index is 5.75. The van der Waals surface area contributed by atoms with Gasteiger partial charge in [0.2, 0.25) is 0 Å². The molecule has 3 nitrogen and oxygen atoms in total. The highest BCUT2D eigenvalue weighted by molar-refractivity contribution is 6.36. The predicted molar refractivity (Wildman–Crippen MR) is 71.0 cm³/mol. The molecule has 0 aliphatic heterocycles. The molecule has 1 rings (SSSR count). The molecule has 17 heavy (non-hydrogen) atoms. The topological polar surface area (TPSA) is 27.7 Å². The van der Waals surface area contributed by atoms with Gasteiger partial charge in [-0.2, -0.15) is 0 Å². The lowest BCUT2D eigenvalue weighted by Gasteiger charge is -2.16. The zero-order chi connectivity index (χ0) is 12.5. The van der Waals surface area contributed by atoms with Crippen LogP contribution >= 0.6 is 0 Å². The zero-order valence-corrected chi connectivity index (χ0v) is 12.1. The van der Waals surface area contributed by atoms with E-state index in [0.717, 1.165) is 6.42 Å². The molecule has 0 N–H and O–H groups in total. The lowest BCUT2D eigenvalue weighted by Crippen LogP contribution is -2.27. The molecule has 0 atom stereocenters. The Hall–Kier alpha value is -0.683. The highest BCUT2D eigenvalue weighted by Crippen LogP contribution is 2.11. The van der Waals surface area contributed by atoms with Crippen molar-refractivity contribution in [1.29, 1.82) is 0 Å². The second kappa shape index (κ2) is 8.41. The molecule has 0 unspecified atom stereocenters. The van der Waals surface area contributed by atoms with E-state index < -0.39 is 9.53 Å². The molecule has 0 spiro atoms. The van der Waals surface area contributed by atoms with E-state index in [1.54, 1.807) is 0 Å². The molecule has 0 heterocycles. The van der Waals surface area contributed by atoms with Gasteiger partial charge in [-0.1, -0.05) is 31.2 Å². The number of hydrogen-bond donors (Lipinski definition) is 0. The van der Waals surface area contributed by atoms with Crippen LogP contribution in [-0.2, 0) is 26.3 Å². The first-order chi connectivity index (χ1) is 8.31. The molecule has 0 saturated heterocycles. The van der Waals surface area contributed by atoms with Crippen LogP contribution in [0.2, 0.25) is 0 Å². The van der Waals surface area contributed by atoms with E-state index >= 15 is 0 Å². The molecule has 0 aromatic heterocycles. The van der Waals surface area contributed by atoms with Crippen molar-refractivity contribution in [3.63, 3.8) is 0 Å². The van der Waals surface area contributed by atoms with Gasteiger partial charge in [0.25, 0.3) is 0 Å². The Labute approximate surface area is 106 Å². The second-order valence-corrected chi connectivity index (χ2v) is 5.21. The van der Waals surface area contributed by atoms with Crippen LogP contribution < -0.4 is 0 Å². The summed E-state index contributed by atoms with van der Waals surface area (Å²) in [6, 6.07) is 8.33. The minimum absolute atomic E-state index is 0.584. The van der Waals surface area contributed by atoms with Crippen LogP contribution in [0, 0.1) is 0 Å². The summed E-state index contributed by atoms with van der Waals surface area (Å²) in [4.78, 5) is 0. The summed E-state index contributed by atoms with van der Waals surface area (Å²) >= 11 is 0. The third kappa shape index (κ3) is 5.00. The van der Waals surface area contributed by atoms with Crippen LogP contribution in [0.3, 0.4) is 0 Å². The van der Waals surface area contributed by atoms with Crippen LogP contribution in [0.5, 0.6) is 0 Å². The van der Waals surface area contributed by atoms with E-state index in [1.807, 2.05) is 19.9 Å². The summed E-state index contributed by atoms with van der Waals surface area (Å²) in [7, 11) is -1.94. The number of hydrogen-bond acceptors (Lipinski definition) is 3. The van der Waals surface area contributed by atoms with Gasteiger partial charge >= 0.3 is 9.53 Å². The van der Waals surface area contributed by atoms with Gasteiger partial charge in [0.05, 0.1) is 6.61 Å². The average Bonchev–Trinajstić information content (AvgIpc) is 2.37. The van der Waals surface area contributed by atoms with Crippen LogP contribution in [0.15, 0.2) is 24.3 Å². The monoisotopic (exact) mass is 254 g/mol. The minimum atomic E-state index is -1.94. The van der Waals surface area contributed by atoms with Gasteiger partial charge in [-0.3, -0.25) is 0 Å². The second-order valence-electron chi connectivity index (χ2n) is 3.63. The van der Waals surface area contributed by atoms with Crippen LogP contribution in [-0.4, -0.2) is 22.7 Å². The van der Waals surface area contributed by atoms with Crippen molar-refractivity contribution in [2.75, 3.05) is 13.2 Å². The first kappa shape index (κ1) is 14.4. The Morgan fingerprint density at radius 1 is 0.882 bits per heavy atom. The Morgan fingerprint density at radius 3 is 2.00 bits per heavy atom.